The summed E-state index contributed by atoms with van der Waals surface area (Å²) < 4.78 is 12.9. The van der Waals surface area contributed by atoms with Gasteiger partial charge >= 0.3 is 0 Å². The number of nitrogens with zero attached hydrogens (tertiary/aromatic N) is 2. The van der Waals surface area contributed by atoms with Gasteiger partial charge in [-0.05, 0) is 31.0 Å². The van der Waals surface area contributed by atoms with Crippen LogP contribution in [-0.2, 0) is 0 Å². The van der Waals surface area contributed by atoms with Gasteiger partial charge in [0.2, 0.25) is 0 Å². The van der Waals surface area contributed by atoms with Gasteiger partial charge in [0, 0.05) is 11.8 Å². The van der Waals surface area contributed by atoms with Gasteiger partial charge in [-0.2, -0.15) is 0 Å². The second kappa shape index (κ2) is 5.97. The topological polar surface area (TPSA) is 25.8 Å². The highest BCUT2D eigenvalue weighted by Crippen LogP contribution is 2.01. The van der Waals surface area contributed by atoms with Gasteiger partial charge in [0.15, 0.2) is 0 Å². The van der Waals surface area contributed by atoms with E-state index < -0.39 is 0 Å². The van der Waals surface area contributed by atoms with Gasteiger partial charge in [-0.25, -0.2) is 9.37 Å². The zero-order valence-electron chi connectivity index (χ0n) is 9.14. The van der Waals surface area contributed by atoms with Crippen LogP contribution in [0, 0.1) is 24.6 Å². The van der Waals surface area contributed by atoms with Crippen LogP contribution in [0.15, 0.2) is 36.7 Å². The minimum Gasteiger partial charge on any atom is -0.260 e. The molecule has 4 heteroatoms. The summed E-state index contributed by atoms with van der Waals surface area (Å²) in [6.45, 7) is 1.85. The third-order valence-electron chi connectivity index (χ3n) is 1.91. The molecule has 2 nitrogen and oxygen atoms in total. The van der Waals surface area contributed by atoms with Crippen molar-refractivity contribution >= 4 is 12.4 Å². The van der Waals surface area contributed by atoms with Crippen molar-refractivity contribution in [3.8, 4) is 11.8 Å². The highest BCUT2D eigenvalue weighted by molar-refractivity contribution is 5.85. The molecule has 0 spiro atoms. The van der Waals surface area contributed by atoms with E-state index in [1.54, 1.807) is 24.5 Å². The van der Waals surface area contributed by atoms with Gasteiger partial charge in [0.05, 0.1) is 11.9 Å². The maximum Gasteiger partial charge on any atom is 0.132 e. The number of hydrogen-bond donors (Lipinski definition) is 0. The molecule has 0 bridgehead atoms. The Labute approximate surface area is 105 Å². The Morgan fingerprint density at radius 1 is 1.18 bits per heavy atom. The van der Waals surface area contributed by atoms with Crippen LogP contribution in [0.4, 0.5) is 4.39 Å². The predicted molar refractivity (Wildman–Crippen MR) is 66.4 cm³/mol. The van der Waals surface area contributed by atoms with Gasteiger partial charge in [-0.1, -0.05) is 12.0 Å². The van der Waals surface area contributed by atoms with Crippen LogP contribution in [0.25, 0.3) is 0 Å². The molecule has 86 valence electrons. The van der Waals surface area contributed by atoms with Crippen LogP contribution in [0.1, 0.15) is 17.0 Å². The summed E-state index contributed by atoms with van der Waals surface area (Å²) in [5.41, 5.74) is 2.03. The van der Waals surface area contributed by atoms with Crippen LogP contribution in [0.2, 0.25) is 0 Å². The van der Waals surface area contributed by atoms with E-state index in [4.69, 9.17) is 0 Å². The number of aromatic nitrogens is 2. The van der Waals surface area contributed by atoms with E-state index in [9.17, 15) is 4.39 Å². The molecule has 0 atom stereocenters. The van der Waals surface area contributed by atoms with E-state index in [0.29, 0.717) is 11.3 Å². The Balaban J connectivity index is 0.00000144. The molecule has 0 aliphatic heterocycles. The van der Waals surface area contributed by atoms with Crippen molar-refractivity contribution in [2.45, 2.75) is 6.92 Å². The van der Waals surface area contributed by atoms with Crippen LogP contribution in [0.5, 0.6) is 0 Å². The second-order valence-corrected chi connectivity index (χ2v) is 3.31. The fourth-order valence-corrected chi connectivity index (χ4v) is 1.23. The Morgan fingerprint density at radius 2 is 2.00 bits per heavy atom. The average molecular weight is 249 g/mol. The number of halogens is 2. The lowest BCUT2D eigenvalue weighted by Crippen LogP contribution is -1.88. The minimum atomic E-state index is -0.290. The summed E-state index contributed by atoms with van der Waals surface area (Å²) in [4.78, 5) is 8.16. The second-order valence-electron chi connectivity index (χ2n) is 3.31. The molecular formula is C13H10ClFN2. The van der Waals surface area contributed by atoms with Gasteiger partial charge in [-0.3, -0.25) is 4.98 Å². The predicted octanol–water partition coefficient (Wildman–Crippen LogP) is 2.75. The summed E-state index contributed by atoms with van der Waals surface area (Å²) in [5, 5.41) is 0. The smallest absolute Gasteiger partial charge is 0.132 e. The highest BCUT2D eigenvalue weighted by atomic mass is 35.5. The summed E-state index contributed by atoms with van der Waals surface area (Å²) in [6.07, 6.45) is 3.24. The Hall–Kier alpha value is -1.92. The lowest BCUT2D eigenvalue weighted by molar-refractivity contribution is 0.627. The Morgan fingerprint density at radius 3 is 2.71 bits per heavy atom. The van der Waals surface area contributed by atoms with Crippen molar-refractivity contribution < 1.29 is 4.39 Å². The molecule has 1 aromatic carbocycles. The Kier molecular flexibility index (Phi) is 4.62. The average Bonchev–Trinajstić information content (AvgIpc) is 2.27. The largest absolute Gasteiger partial charge is 0.260 e. The van der Waals surface area contributed by atoms with Crippen LogP contribution < -0.4 is 0 Å². The number of aryl methyl sites for hydroxylation is 1. The van der Waals surface area contributed by atoms with Gasteiger partial charge < -0.3 is 0 Å². The molecule has 1 aromatic heterocycles. The number of hydrogen-bond acceptors (Lipinski definition) is 2. The monoisotopic (exact) mass is 248 g/mol. The fraction of sp³-hybridized carbons (Fsp3) is 0.0769. The molecule has 0 saturated heterocycles. The maximum absolute atomic E-state index is 12.9. The molecule has 0 radical (unpaired) electrons. The van der Waals surface area contributed by atoms with Crippen molar-refractivity contribution in [2.75, 3.05) is 0 Å². The lowest BCUT2D eigenvalue weighted by atomic mass is 10.2. The lowest BCUT2D eigenvalue weighted by Gasteiger charge is -1.92. The zero-order valence-corrected chi connectivity index (χ0v) is 9.96. The van der Waals surface area contributed by atoms with E-state index in [0.717, 1.165) is 5.69 Å². The number of rotatable bonds is 0. The minimum absolute atomic E-state index is 0. The van der Waals surface area contributed by atoms with Gasteiger partial charge in [0.25, 0.3) is 0 Å². The molecule has 0 saturated carbocycles. The van der Waals surface area contributed by atoms with Gasteiger partial charge in [-0.15, -0.1) is 12.4 Å². The van der Waals surface area contributed by atoms with Gasteiger partial charge in [0.1, 0.15) is 11.5 Å². The molecule has 2 rings (SSSR count). The molecule has 0 fully saturated rings. The summed E-state index contributed by atoms with van der Waals surface area (Å²) in [5.74, 6) is 5.39. The first-order valence-corrected chi connectivity index (χ1v) is 4.80. The first kappa shape index (κ1) is 13.1. The van der Waals surface area contributed by atoms with Crippen molar-refractivity contribution in [1.29, 1.82) is 0 Å². The third kappa shape index (κ3) is 3.86. The fourth-order valence-electron chi connectivity index (χ4n) is 1.23. The molecule has 0 aliphatic rings. The first-order valence-electron chi connectivity index (χ1n) is 4.80. The van der Waals surface area contributed by atoms with E-state index in [2.05, 4.69) is 21.8 Å². The molecule has 2 aromatic rings. The SMILES string of the molecule is Cc1cncc(C#Cc2cccc(F)c2)n1.Cl. The van der Waals surface area contributed by atoms with Crippen molar-refractivity contribution in [2.24, 2.45) is 0 Å². The summed E-state index contributed by atoms with van der Waals surface area (Å²) in [7, 11) is 0. The molecule has 0 unspecified atom stereocenters. The van der Waals surface area contributed by atoms with E-state index in [1.165, 1.54) is 12.1 Å². The third-order valence-corrected chi connectivity index (χ3v) is 1.91. The van der Waals surface area contributed by atoms with Crippen LogP contribution in [0.3, 0.4) is 0 Å². The number of benzene rings is 1. The molecular weight excluding hydrogens is 239 g/mol. The quantitative estimate of drug-likeness (QED) is 0.670. The molecule has 0 amide bonds. The molecule has 0 aliphatic carbocycles. The van der Waals surface area contributed by atoms with Crippen LogP contribution in [-0.4, -0.2) is 9.97 Å². The Bertz CT molecular complexity index is 523. The summed E-state index contributed by atoms with van der Waals surface area (Å²) >= 11 is 0. The maximum atomic E-state index is 12.9. The molecule has 1 heterocycles. The van der Waals surface area contributed by atoms with Crippen LogP contribution >= 0.6 is 12.4 Å². The highest BCUT2D eigenvalue weighted by Gasteiger charge is 1.92. The van der Waals surface area contributed by atoms with Crippen molar-refractivity contribution in [1.82, 2.24) is 9.97 Å². The van der Waals surface area contributed by atoms with E-state index >= 15 is 0 Å². The zero-order chi connectivity index (χ0) is 11.4. The van der Waals surface area contributed by atoms with E-state index in [1.807, 2.05) is 6.92 Å². The first-order chi connectivity index (χ1) is 7.74. The van der Waals surface area contributed by atoms with Crippen molar-refractivity contribution in [3.05, 3.63) is 59.4 Å². The van der Waals surface area contributed by atoms with E-state index in [-0.39, 0.29) is 18.2 Å². The summed E-state index contributed by atoms with van der Waals surface area (Å²) in [6, 6.07) is 6.15. The van der Waals surface area contributed by atoms with Crippen molar-refractivity contribution in [3.63, 3.8) is 0 Å². The standard InChI is InChI=1S/C13H9FN2.ClH/c1-10-8-15-9-13(16-10)6-5-11-3-2-4-12(14)7-11;/h2-4,7-9H,1H3;1H. The molecule has 17 heavy (non-hydrogen) atoms. The molecule has 0 N–H and O–H groups in total. The normalized spacial score (nSPS) is 8.82.